The molecule has 150 valence electrons. The van der Waals surface area contributed by atoms with Crippen molar-refractivity contribution in [2.24, 2.45) is 17.8 Å². The van der Waals surface area contributed by atoms with Crippen molar-refractivity contribution >= 4 is 11.3 Å². The van der Waals surface area contributed by atoms with E-state index in [1.165, 1.54) is 0 Å². The summed E-state index contributed by atoms with van der Waals surface area (Å²) in [6.45, 7) is 6.22. The molecule has 1 aliphatic carbocycles. The fourth-order valence-corrected chi connectivity index (χ4v) is 3.68. The predicted octanol–water partition coefficient (Wildman–Crippen LogP) is 6.22. The van der Waals surface area contributed by atoms with Crippen LogP contribution < -0.4 is 4.90 Å². The second-order valence-corrected chi connectivity index (χ2v) is 7.52. The predicted molar refractivity (Wildman–Crippen MR) is 111 cm³/mol. The molecule has 1 aliphatic rings. The minimum atomic E-state index is -0.780. The van der Waals surface area contributed by atoms with Gasteiger partial charge in [0.15, 0.2) is 0 Å². The van der Waals surface area contributed by atoms with Crippen LogP contribution in [0, 0.1) is 29.1 Å². The Morgan fingerprint density at radius 1 is 1.36 bits per heavy atom. The first-order valence-electron chi connectivity index (χ1n) is 9.84. The lowest BCUT2D eigenvalue weighted by atomic mass is 9.71. The summed E-state index contributed by atoms with van der Waals surface area (Å²) in [6, 6.07) is 5.34. The smallest absolute Gasteiger partial charge is 0.149 e. The van der Waals surface area contributed by atoms with Crippen molar-refractivity contribution < 1.29 is 8.78 Å². The molecular formula is C23H29F2N3. The summed E-state index contributed by atoms with van der Waals surface area (Å²) in [6.07, 6.45) is 7.53. The quantitative estimate of drug-likeness (QED) is 0.523. The van der Waals surface area contributed by atoms with Crippen molar-refractivity contribution in [2.75, 3.05) is 19.0 Å². The molecule has 0 bridgehead atoms. The maximum absolute atomic E-state index is 15.4. The van der Waals surface area contributed by atoms with Crippen molar-refractivity contribution in [3.63, 3.8) is 0 Å². The third-order valence-corrected chi connectivity index (χ3v) is 5.50. The first-order chi connectivity index (χ1) is 13.3. The Morgan fingerprint density at radius 2 is 2.07 bits per heavy atom. The third-order valence-electron chi connectivity index (χ3n) is 5.50. The van der Waals surface area contributed by atoms with E-state index in [2.05, 4.69) is 31.0 Å². The lowest BCUT2D eigenvalue weighted by Crippen LogP contribution is -2.25. The molecule has 0 aliphatic heterocycles. The maximum Gasteiger partial charge on any atom is 0.149 e. The van der Waals surface area contributed by atoms with Gasteiger partial charge in [0.25, 0.3) is 0 Å². The van der Waals surface area contributed by atoms with Crippen molar-refractivity contribution in [1.29, 1.82) is 5.26 Å². The van der Waals surface area contributed by atoms with Crippen LogP contribution >= 0.6 is 0 Å². The molecule has 0 saturated carbocycles. The molecule has 0 saturated heterocycles. The molecule has 5 heteroatoms. The van der Waals surface area contributed by atoms with E-state index in [-0.39, 0.29) is 18.3 Å². The molecule has 1 heterocycles. The zero-order chi connectivity index (χ0) is 20.8. The van der Waals surface area contributed by atoms with Gasteiger partial charge in [0.1, 0.15) is 23.3 Å². The normalized spacial score (nSPS) is 19.7. The number of nitrogens with zero attached hydrogens (tertiary/aromatic N) is 3. The summed E-state index contributed by atoms with van der Waals surface area (Å²) in [5, 5.41) is 9.30. The van der Waals surface area contributed by atoms with Gasteiger partial charge in [-0.3, -0.25) is 4.98 Å². The summed E-state index contributed by atoms with van der Waals surface area (Å²) >= 11 is 0. The molecule has 0 N–H and O–H groups in total. The number of pyridine rings is 1. The Kier molecular flexibility index (Phi) is 7.51. The van der Waals surface area contributed by atoms with Crippen molar-refractivity contribution in [3.05, 3.63) is 53.4 Å². The van der Waals surface area contributed by atoms with Gasteiger partial charge < -0.3 is 4.90 Å². The Labute approximate surface area is 167 Å². The van der Waals surface area contributed by atoms with Crippen LogP contribution in [0.5, 0.6) is 0 Å². The molecule has 0 spiro atoms. The lowest BCUT2D eigenvalue weighted by Gasteiger charge is -2.33. The molecule has 1 aromatic heterocycles. The molecule has 28 heavy (non-hydrogen) atoms. The number of rotatable bonds is 7. The lowest BCUT2D eigenvalue weighted by molar-refractivity contribution is 0.318. The molecule has 2 rings (SSSR count). The van der Waals surface area contributed by atoms with E-state index >= 15 is 4.39 Å². The first-order valence-corrected chi connectivity index (χ1v) is 9.84. The van der Waals surface area contributed by atoms with Gasteiger partial charge in [-0.15, -0.1) is 0 Å². The van der Waals surface area contributed by atoms with E-state index in [0.29, 0.717) is 11.3 Å². The van der Waals surface area contributed by atoms with Crippen LogP contribution in [-0.4, -0.2) is 19.1 Å². The summed E-state index contributed by atoms with van der Waals surface area (Å²) in [5.74, 6) is -1.65. The van der Waals surface area contributed by atoms with E-state index in [0.717, 1.165) is 18.5 Å². The molecule has 0 amide bonds. The second kappa shape index (κ2) is 9.64. The number of hydrogen-bond donors (Lipinski definition) is 0. The molecular weight excluding hydrogens is 356 g/mol. The molecule has 0 radical (unpaired) electrons. The number of allylic oxidation sites excluding steroid dienone is 6. The summed E-state index contributed by atoms with van der Waals surface area (Å²) in [4.78, 5) is 6.29. The topological polar surface area (TPSA) is 39.9 Å². The molecule has 0 fully saturated rings. The van der Waals surface area contributed by atoms with E-state index < -0.39 is 23.1 Å². The maximum atomic E-state index is 15.4. The SMILES string of the molecule is CCC=CC(C(C)CC)C1CC(F)=C(C#N)C(F)=C1c1cc(N(C)C)ccn1. The van der Waals surface area contributed by atoms with Crippen molar-refractivity contribution in [2.45, 2.75) is 40.0 Å². The van der Waals surface area contributed by atoms with Gasteiger partial charge >= 0.3 is 0 Å². The van der Waals surface area contributed by atoms with Crippen LogP contribution in [-0.2, 0) is 0 Å². The fourth-order valence-electron chi connectivity index (χ4n) is 3.68. The zero-order valence-corrected chi connectivity index (χ0v) is 17.3. The van der Waals surface area contributed by atoms with Gasteiger partial charge in [-0.2, -0.15) is 5.26 Å². The van der Waals surface area contributed by atoms with Crippen molar-refractivity contribution in [3.8, 4) is 6.07 Å². The highest BCUT2D eigenvalue weighted by atomic mass is 19.1. The van der Waals surface area contributed by atoms with Gasteiger partial charge in [-0.1, -0.05) is 39.3 Å². The van der Waals surface area contributed by atoms with E-state index in [4.69, 9.17) is 0 Å². The number of halogens is 2. The van der Waals surface area contributed by atoms with Crippen LogP contribution in [0.2, 0.25) is 0 Å². The minimum absolute atomic E-state index is 0.0164. The second-order valence-electron chi connectivity index (χ2n) is 7.52. The van der Waals surface area contributed by atoms with Gasteiger partial charge in [0.05, 0.1) is 5.69 Å². The molecule has 3 unspecified atom stereocenters. The molecule has 3 nitrogen and oxygen atoms in total. The average molecular weight is 386 g/mol. The fraction of sp³-hybridized carbons (Fsp3) is 0.478. The van der Waals surface area contributed by atoms with Gasteiger partial charge in [0, 0.05) is 43.9 Å². The summed E-state index contributed by atoms with van der Waals surface area (Å²) < 4.78 is 30.0. The Balaban J connectivity index is 2.68. The summed E-state index contributed by atoms with van der Waals surface area (Å²) in [7, 11) is 3.79. The Hall–Kier alpha value is -2.48. The van der Waals surface area contributed by atoms with Gasteiger partial charge in [0.2, 0.25) is 0 Å². The van der Waals surface area contributed by atoms with Gasteiger partial charge in [-0.25, -0.2) is 8.78 Å². The van der Waals surface area contributed by atoms with Crippen molar-refractivity contribution in [1.82, 2.24) is 4.98 Å². The highest BCUT2D eigenvalue weighted by molar-refractivity contribution is 5.76. The zero-order valence-electron chi connectivity index (χ0n) is 17.3. The summed E-state index contributed by atoms with van der Waals surface area (Å²) in [5.41, 5.74) is 1.19. The van der Waals surface area contributed by atoms with E-state index in [9.17, 15) is 9.65 Å². The van der Waals surface area contributed by atoms with Crippen LogP contribution in [0.4, 0.5) is 14.5 Å². The van der Waals surface area contributed by atoms with Crippen LogP contribution in [0.15, 0.2) is 47.7 Å². The van der Waals surface area contributed by atoms with Crippen LogP contribution in [0.25, 0.3) is 5.57 Å². The molecule has 3 atom stereocenters. The number of aromatic nitrogens is 1. The highest BCUT2D eigenvalue weighted by Crippen LogP contribution is 2.47. The molecule has 0 aromatic carbocycles. The van der Waals surface area contributed by atoms with Crippen LogP contribution in [0.3, 0.4) is 0 Å². The highest BCUT2D eigenvalue weighted by Gasteiger charge is 2.37. The van der Waals surface area contributed by atoms with E-state index in [1.54, 1.807) is 18.3 Å². The number of hydrogen-bond acceptors (Lipinski definition) is 3. The Morgan fingerprint density at radius 3 is 2.64 bits per heavy atom. The monoisotopic (exact) mass is 385 g/mol. The van der Waals surface area contributed by atoms with Gasteiger partial charge in [-0.05, 0) is 30.4 Å². The number of anilines is 1. The molecule has 1 aromatic rings. The Bertz CT molecular complexity index is 830. The van der Waals surface area contributed by atoms with E-state index in [1.807, 2.05) is 32.0 Å². The van der Waals surface area contributed by atoms with Crippen LogP contribution in [0.1, 0.15) is 45.7 Å². The number of nitriles is 1. The average Bonchev–Trinajstić information content (AvgIpc) is 2.68. The standard InChI is InChI=1S/C23H29F2N3/c1-6-8-9-17(15(3)7-2)18-13-20(24)19(14-26)23(25)22(18)21-12-16(28(4)5)10-11-27-21/h8-12,15,17-18H,6-7,13H2,1-5H3. The minimum Gasteiger partial charge on any atom is -0.378 e. The third kappa shape index (κ3) is 4.49. The first kappa shape index (κ1) is 21.8. The largest absolute Gasteiger partial charge is 0.378 e.